The largest absolute Gasteiger partial charge is 0.504 e. The summed E-state index contributed by atoms with van der Waals surface area (Å²) >= 11 is 0. The van der Waals surface area contributed by atoms with Crippen LogP contribution in [0.5, 0.6) is 11.5 Å². The summed E-state index contributed by atoms with van der Waals surface area (Å²) in [6.07, 6.45) is 18.1. The second-order valence-electron chi connectivity index (χ2n) is 7.86. The van der Waals surface area contributed by atoms with Gasteiger partial charge in [0.15, 0.2) is 11.5 Å². The minimum absolute atomic E-state index is 0.0605. The van der Waals surface area contributed by atoms with Crippen molar-refractivity contribution in [3.63, 3.8) is 0 Å². The van der Waals surface area contributed by atoms with Crippen LogP contribution in [0.4, 0.5) is 0 Å². The lowest BCUT2D eigenvalue weighted by molar-refractivity contribution is 0.0690. The van der Waals surface area contributed by atoms with Crippen LogP contribution in [0.25, 0.3) is 0 Å². The fraction of sp³-hybridized carbons (Fsp3) is 0.708. The van der Waals surface area contributed by atoms with Crippen LogP contribution in [0, 0.1) is 6.92 Å². The predicted octanol–water partition coefficient (Wildman–Crippen LogP) is 7.26. The Bertz CT molecular complexity index is 554. The third-order valence-electron chi connectivity index (χ3n) is 5.30. The molecule has 0 spiro atoms. The summed E-state index contributed by atoms with van der Waals surface area (Å²) in [7, 11) is 0. The molecule has 0 saturated carbocycles. The fourth-order valence-electron chi connectivity index (χ4n) is 3.55. The second kappa shape index (κ2) is 15.2. The molecule has 0 aromatic heterocycles. The third kappa shape index (κ3) is 10.0. The van der Waals surface area contributed by atoms with Gasteiger partial charge in [0, 0.05) is 0 Å². The van der Waals surface area contributed by atoms with Gasteiger partial charge in [-0.05, 0) is 25.0 Å². The Kier molecular flexibility index (Phi) is 13.2. The van der Waals surface area contributed by atoms with Crippen LogP contribution in [-0.4, -0.2) is 22.8 Å². The average molecular weight is 393 g/mol. The van der Waals surface area contributed by atoms with Crippen LogP contribution in [0.3, 0.4) is 0 Å². The van der Waals surface area contributed by atoms with Crippen LogP contribution in [-0.2, 0) is 0 Å². The highest BCUT2D eigenvalue weighted by atomic mass is 16.5. The van der Waals surface area contributed by atoms with E-state index in [1.54, 1.807) is 13.0 Å². The number of carboxylic acids is 1. The van der Waals surface area contributed by atoms with Crippen molar-refractivity contribution >= 4 is 5.97 Å². The maximum atomic E-state index is 11.4. The van der Waals surface area contributed by atoms with Crippen molar-refractivity contribution < 1.29 is 19.7 Å². The molecular weight excluding hydrogens is 352 g/mol. The van der Waals surface area contributed by atoms with Gasteiger partial charge >= 0.3 is 5.97 Å². The first-order chi connectivity index (χ1) is 13.6. The van der Waals surface area contributed by atoms with Crippen molar-refractivity contribution in [2.24, 2.45) is 0 Å². The van der Waals surface area contributed by atoms with E-state index in [0.29, 0.717) is 12.2 Å². The molecule has 2 N–H and O–H groups in total. The van der Waals surface area contributed by atoms with E-state index in [-0.39, 0.29) is 17.1 Å². The molecule has 0 bridgehead atoms. The van der Waals surface area contributed by atoms with E-state index in [2.05, 4.69) is 6.92 Å². The van der Waals surface area contributed by atoms with Crippen molar-refractivity contribution in [1.29, 1.82) is 0 Å². The van der Waals surface area contributed by atoms with Crippen LogP contribution >= 0.6 is 0 Å². The molecule has 4 nitrogen and oxygen atoms in total. The highest BCUT2D eigenvalue weighted by molar-refractivity contribution is 5.93. The van der Waals surface area contributed by atoms with Crippen LogP contribution < -0.4 is 4.74 Å². The van der Waals surface area contributed by atoms with Crippen molar-refractivity contribution in [1.82, 2.24) is 0 Å². The SMILES string of the molecule is CCCCCCCCCCCCCCCCOc1c(O)ccc(C)c1C(=O)O. The van der Waals surface area contributed by atoms with Gasteiger partial charge in [0.25, 0.3) is 0 Å². The Morgan fingerprint density at radius 3 is 1.75 bits per heavy atom. The summed E-state index contributed by atoms with van der Waals surface area (Å²) in [6.45, 7) is 4.41. The molecule has 28 heavy (non-hydrogen) atoms. The molecule has 0 saturated heterocycles. The first-order valence-electron chi connectivity index (χ1n) is 11.3. The van der Waals surface area contributed by atoms with E-state index in [0.717, 1.165) is 12.8 Å². The van der Waals surface area contributed by atoms with Gasteiger partial charge in [-0.1, -0.05) is 96.5 Å². The fourth-order valence-corrected chi connectivity index (χ4v) is 3.55. The molecule has 0 heterocycles. The zero-order valence-corrected chi connectivity index (χ0v) is 18.0. The Labute approximate surface area is 171 Å². The number of aromatic hydroxyl groups is 1. The summed E-state index contributed by atoms with van der Waals surface area (Å²) in [6, 6.07) is 3.08. The molecule has 1 aromatic rings. The first-order valence-corrected chi connectivity index (χ1v) is 11.3. The molecule has 0 unspecified atom stereocenters. The Morgan fingerprint density at radius 2 is 1.29 bits per heavy atom. The molecule has 0 amide bonds. The van der Waals surface area contributed by atoms with Crippen LogP contribution in [0.1, 0.15) is 113 Å². The Balaban J connectivity index is 2.02. The first kappa shape index (κ1) is 24.3. The number of rotatable bonds is 17. The lowest BCUT2D eigenvalue weighted by atomic mass is 10.0. The second-order valence-corrected chi connectivity index (χ2v) is 7.86. The third-order valence-corrected chi connectivity index (χ3v) is 5.30. The zero-order valence-electron chi connectivity index (χ0n) is 18.0. The molecule has 0 atom stereocenters. The van der Waals surface area contributed by atoms with Crippen LogP contribution in [0.2, 0.25) is 0 Å². The standard InChI is InChI=1S/C24H40O4/c1-3-4-5-6-7-8-9-10-11-12-13-14-15-16-19-28-23-21(25)18-17-20(2)22(23)24(26)27/h17-18,25H,3-16,19H2,1-2H3,(H,26,27). The van der Waals surface area contributed by atoms with Gasteiger partial charge in [0.2, 0.25) is 0 Å². The molecule has 0 aliphatic heterocycles. The summed E-state index contributed by atoms with van der Waals surface area (Å²) in [5, 5.41) is 19.2. The van der Waals surface area contributed by atoms with Crippen molar-refractivity contribution in [2.75, 3.05) is 6.61 Å². The summed E-state index contributed by atoms with van der Waals surface area (Å²) in [5.74, 6) is -1.07. The van der Waals surface area contributed by atoms with Gasteiger partial charge in [-0.3, -0.25) is 0 Å². The Hall–Kier alpha value is -1.71. The minimum atomic E-state index is -1.07. The summed E-state index contributed by atoms with van der Waals surface area (Å²) < 4.78 is 5.59. The predicted molar refractivity (Wildman–Crippen MR) is 116 cm³/mol. The number of unbranched alkanes of at least 4 members (excludes halogenated alkanes) is 13. The Morgan fingerprint density at radius 1 is 0.821 bits per heavy atom. The smallest absolute Gasteiger partial charge is 0.339 e. The van der Waals surface area contributed by atoms with E-state index in [4.69, 9.17) is 4.74 Å². The average Bonchev–Trinajstić information content (AvgIpc) is 2.67. The monoisotopic (exact) mass is 392 g/mol. The maximum absolute atomic E-state index is 11.4. The normalized spacial score (nSPS) is 10.9. The summed E-state index contributed by atoms with van der Waals surface area (Å²) in [5.41, 5.74) is 0.659. The molecule has 0 radical (unpaired) electrons. The zero-order chi connectivity index (χ0) is 20.6. The van der Waals surface area contributed by atoms with Gasteiger partial charge in [-0.2, -0.15) is 0 Å². The molecule has 0 aliphatic carbocycles. The van der Waals surface area contributed by atoms with E-state index < -0.39 is 5.97 Å². The highest BCUT2D eigenvalue weighted by Gasteiger charge is 2.18. The number of aromatic carboxylic acids is 1. The number of phenols is 1. The van der Waals surface area contributed by atoms with Crippen molar-refractivity contribution in [3.8, 4) is 11.5 Å². The molecular formula is C24H40O4. The lowest BCUT2D eigenvalue weighted by Crippen LogP contribution is -2.07. The van der Waals surface area contributed by atoms with E-state index in [1.165, 1.54) is 83.1 Å². The van der Waals surface area contributed by atoms with Gasteiger partial charge in [-0.15, -0.1) is 0 Å². The molecule has 0 fully saturated rings. The number of benzene rings is 1. The van der Waals surface area contributed by atoms with Crippen LogP contribution in [0.15, 0.2) is 12.1 Å². The lowest BCUT2D eigenvalue weighted by Gasteiger charge is -2.12. The molecule has 4 heteroatoms. The van der Waals surface area contributed by atoms with Gasteiger partial charge in [0.1, 0.15) is 5.56 Å². The summed E-state index contributed by atoms with van der Waals surface area (Å²) in [4.78, 5) is 11.4. The molecule has 1 aromatic carbocycles. The topological polar surface area (TPSA) is 66.8 Å². The number of hydrogen-bond acceptors (Lipinski definition) is 3. The van der Waals surface area contributed by atoms with Crippen molar-refractivity contribution in [2.45, 2.75) is 104 Å². The molecule has 160 valence electrons. The number of aryl methyl sites for hydroxylation is 1. The van der Waals surface area contributed by atoms with E-state index >= 15 is 0 Å². The highest BCUT2D eigenvalue weighted by Crippen LogP contribution is 2.32. The van der Waals surface area contributed by atoms with Crippen molar-refractivity contribution in [3.05, 3.63) is 23.3 Å². The minimum Gasteiger partial charge on any atom is -0.504 e. The quantitative estimate of drug-likeness (QED) is 0.274. The molecule has 0 aliphatic rings. The van der Waals surface area contributed by atoms with Gasteiger partial charge in [-0.25, -0.2) is 4.79 Å². The van der Waals surface area contributed by atoms with E-state index in [1.807, 2.05) is 0 Å². The molecule has 1 rings (SSSR count). The number of phenolic OH excluding ortho intramolecular Hbond substituents is 1. The van der Waals surface area contributed by atoms with Gasteiger partial charge < -0.3 is 14.9 Å². The number of carbonyl (C=O) groups is 1. The number of carboxylic acid groups (broad SMARTS) is 1. The number of hydrogen-bond donors (Lipinski definition) is 2. The maximum Gasteiger partial charge on any atom is 0.339 e. The number of ether oxygens (including phenoxy) is 1. The van der Waals surface area contributed by atoms with Gasteiger partial charge in [0.05, 0.1) is 6.61 Å². The van der Waals surface area contributed by atoms with E-state index in [9.17, 15) is 15.0 Å².